The lowest BCUT2D eigenvalue weighted by molar-refractivity contribution is -0.146. The van der Waals surface area contributed by atoms with Crippen molar-refractivity contribution in [3.8, 4) is 0 Å². The highest BCUT2D eigenvalue weighted by Crippen LogP contribution is 2.34. The van der Waals surface area contributed by atoms with Gasteiger partial charge in [-0.25, -0.2) is 9.59 Å². The molecule has 1 rings (SSSR count). The molecular formula is C11H20N2O5. The Morgan fingerprint density at radius 1 is 1.39 bits per heavy atom. The van der Waals surface area contributed by atoms with E-state index in [1.807, 2.05) is 0 Å². The fourth-order valence-electron chi connectivity index (χ4n) is 1.77. The topological polar surface area (TPSA) is 108 Å². The quantitative estimate of drug-likeness (QED) is 0.502. The lowest BCUT2D eigenvalue weighted by Crippen LogP contribution is -2.51. The zero-order valence-electron chi connectivity index (χ0n) is 10.4. The number of aliphatic hydroxyl groups is 1. The van der Waals surface area contributed by atoms with Gasteiger partial charge in [0.25, 0.3) is 0 Å². The molecule has 2 amide bonds. The van der Waals surface area contributed by atoms with Crippen LogP contribution in [0.5, 0.6) is 0 Å². The number of hydrogen-bond donors (Lipinski definition) is 4. The van der Waals surface area contributed by atoms with Gasteiger partial charge in [-0.15, -0.1) is 0 Å². The van der Waals surface area contributed by atoms with Crippen molar-refractivity contribution in [3.05, 3.63) is 0 Å². The Kier molecular flexibility index (Phi) is 5.36. The number of hydrogen-bond acceptors (Lipinski definition) is 4. The van der Waals surface area contributed by atoms with Crippen molar-refractivity contribution >= 4 is 12.0 Å². The molecule has 7 heteroatoms. The summed E-state index contributed by atoms with van der Waals surface area (Å²) in [5.41, 5.74) is -0.238. The number of carboxylic acids is 1. The van der Waals surface area contributed by atoms with E-state index in [-0.39, 0.29) is 24.6 Å². The zero-order valence-corrected chi connectivity index (χ0v) is 10.4. The van der Waals surface area contributed by atoms with Gasteiger partial charge in [0.2, 0.25) is 0 Å². The Hall–Kier alpha value is -1.34. The van der Waals surface area contributed by atoms with E-state index in [0.29, 0.717) is 6.54 Å². The molecular weight excluding hydrogens is 240 g/mol. The Labute approximate surface area is 106 Å². The monoisotopic (exact) mass is 260 g/mol. The van der Waals surface area contributed by atoms with E-state index < -0.39 is 12.1 Å². The average molecular weight is 260 g/mol. The molecule has 0 aromatic carbocycles. The van der Waals surface area contributed by atoms with Gasteiger partial charge >= 0.3 is 12.0 Å². The highest BCUT2D eigenvalue weighted by molar-refractivity contribution is 5.74. The molecule has 0 aromatic heterocycles. The molecule has 0 saturated heterocycles. The number of rotatable bonds is 7. The van der Waals surface area contributed by atoms with Crippen LogP contribution in [0.15, 0.2) is 0 Å². The van der Waals surface area contributed by atoms with E-state index in [2.05, 4.69) is 10.6 Å². The van der Waals surface area contributed by atoms with Crippen molar-refractivity contribution in [2.75, 3.05) is 20.2 Å². The molecule has 104 valence electrons. The number of amides is 2. The smallest absolute Gasteiger partial charge is 0.332 e. The number of nitrogens with one attached hydrogen (secondary N) is 2. The lowest BCUT2D eigenvalue weighted by Gasteiger charge is -2.40. The van der Waals surface area contributed by atoms with Crippen LogP contribution in [-0.4, -0.2) is 54.1 Å². The van der Waals surface area contributed by atoms with Gasteiger partial charge in [-0.2, -0.15) is 0 Å². The molecule has 1 aliphatic rings. The SMILES string of the molecule is COC1(CNC(=O)NCC[C@H](O)C(=O)O)CCC1. The van der Waals surface area contributed by atoms with Crippen molar-refractivity contribution in [1.82, 2.24) is 10.6 Å². The van der Waals surface area contributed by atoms with Crippen LogP contribution in [0.2, 0.25) is 0 Å². The summed E-state index contributed by atoms with van der Waals surface area (Å²) in [6.07, 6.45) is 1.51. The van der Waals surface area contributed by atoms with Crippen molar-refractivity contribution in [3.63, 3.8) is 0 Å². The van der Waals surface area contributed by atoms with Crippen molar-refractivity contribution < 1.29 is 24.5 Å². The predicted octanol–water partition coefficient (Wildman–Crippen LogP) is -0.310. The van der Waals surface area contributed by atoms with Crippen LogP contribution in [0.1, 0.15) is 25.7 Å². The number of methoxy groups -OCH3 is 1. The van der Waals surface area contributed by atoms with E-state index in [1.165, 1.54) is 0 Å². The molecule has 1 saturated carbocycles. The van der Waals surface area contributed by atoms with Crippen molar-refractivity contribution in [2.45, 2.75) is 37.4 Å². The van der Waals surface area contributed by atoms with Crippen molar-refractivity contribution in [2.24, 2.45) is 0 Å². The standard InChI is InChI=1S/C11H20N2O5/c1-18-11(4-2-5-11)7-13-10(17)12-6-3-8(14)9(15)16/h8,14H,2-7H2,1H3,(H,15,16)(H2,12,13,17)/t8-/m0/s1. The summed E-state index contributed by atoms with van der Waals surface area (Å²) in [5, 5.41) is 22.6. The van der Waals surface area contributed by atoms with Crippen LogP contribution in [0.3, 0.4) is 0 Å². The Balaban J connectivity index is 2.12. The predicted molar refractivity (Wildman–Crippen MR) is 63.3 cm³/mol. The molecule has 0 aliphatic heterocycles. The first-order valence-electron chi connectivity index (χ1n) is 5.97. The number of carboxylic acid groups (broad SMARTS) is 1. The molecule has 0 bridgehead atoms. The third-order valence-corrected chi connectivity index (χ3v) is 3.26. The first kappa shape index (κ1) is 14.7. The van der Waals surface area contributed by atoms with E-state index in [1.54, 1.807) is 7.11 Å². The summed E-state index contributed by atoms with van der Waals surface area (Å²) in [6, 6.07) is -0.379. The number of ether oxygens (including phenoxy) is 1. The Morgan fingerprint density at radius 2 is 2.06 bits per heavy atom. The zero-order chi connectivity index (χ0) is 13.6. The van der Waals surface area contributed by atoms with Crippen LogP contribution in [0.25, 0.3) is 0 Å². The summed E-state index contributed by atoms with van der Waals surface area (Å²) in [5.74, 6) is -1.29. The van der Waals surface area contributed by atoms with Gasteiger partial charge in [-0.3, -0.25) is 0 Å². The number of carbonyl (C=O) groups is 2. The summed E-state index contributed by atoms with van der Waals surface area (Å²) in [4.78, 5) is 21.7. The van der Waals surface area contributed by atoms with Gasteiger partial charge < -0.3 is 25.6 Å². The van der Waals surface area contributed by atoms with Crippen molar-refractivity contribution in [1.29, 1.82) is 0 Å². The summed E-state index contributed by atoms with van der Waals surface area (Å²) >= 11 is 0. The molecule has 1 aliphatic carbocycles. The minimum atomic E-state index is -1.44. The van der Waals surface area contributed by atoms with Gasteiger partial charge in [-0.1, -0.05) is 0 Å². The van der Waals surface area contributed by atoms with Gasteiger partial charge in [0, 0.05) is 26.6 Å². The first-order valence-corrected chi connectivity index (χ1v) is 5.97. The van der Waals surface area contributed by atoms with E-state index in [0.717, 1.165) is 19.3 Å². The minimum Gasteiger partial charge on any atom is -0.479 e. The highest BCUT2D eigenvalue weighted by atomic mass is 16.5. The maximum absolute atomic E-state index is 11.4. The first-order chi connectivity index (χ1) is 8.49. The molecule has 0 spiro atoms. The summed E-state index contributed by atoms with van der Waals surface area (Å²) in [7, 11) is 1.63. The average Bonchev–Trinajstić information content (AvgIpc) is 2.28. The van der Waals surface area contributed by atoms with Crippen LogP contribution in [-0.2, 0) is 9.53 Å². The van der Waals surface area contributed by atoms with Crippen LogP contribution < -0.4 is 10.6 Å². The third kappa shape index (κ3) is 4.15. The Morgan fingerprint density at radius 3 is 2.50 bits per heavy atom. The van der Waals surface area contributed by atoms with E-state index in [4.69, 9.17) is 14.9 Å². The molecule has 7 nitrogen and oxygen atoms in total. The van der Waals surface area contributed by atoms with Crippen LogP contribution >= 0.6 is 0 Å². The highest BCUT2D eigenvalue weighted by Gasteiger charge is 2.37. The van der Waals surface area contributed by atoms with Crippen LogP contribution in [0.4, 0.5) is 4.79 Å². The van der Waals surface area contributed by atoms with E-state index >= 15 is 0 Å². The number of aliphatic hydroxyl groups excluding tert-OH is 1. The van der Waals surface area contributed by atoms with Gasteiger partial charge in [0.1, 0.15) is 0 Å². The summed E-state index contributed by atoms with van der Waals surface area (Å²) in [6.45, 7) is 0.552. The fourth-order valence-corrected chi connectivity index (χ4v) is 1.77. The lowest BCUT2D eigenvalue weighted by atomic mass is 9.80. The molecule has 1 fully saturated rings. The minimum absolute atomic E-state index is 0.0157. The second-order valence-electron chi connectivity index (χ2n) is 4.49. The second-order valence-corrected chi connectivity index (χ2v) is 4.49. The largest absolute Gasteiger partial charge is 0.479 e. The van der Waals surface area contributed by atoms with E-state index in [9.17, 15) is 9.59 Å². The van der Waals surface area contributed by atoms with Gasteiger partial charge in [0.15, 0.2) is 6.10 Å². The second kappa shape index (κ2) is 6.55. The van der Waals surface area contributed by atoms with Gasteiger partial charge in [-0.05, 0) is 19.3 Å². The van der Waals surface area contributed by atoms with Crippen LogP contribution in [0, 0.1) is 0 Å². The number of urea groups is 1. The molecule has 0 unspecified atom stereocenters. The molecule has 0 aromatic rings. The molecule has 18 heavy (non-hydrogen) atoms. The molecule has 0 radical (unpaired) electrons. The molecule has 4 N–H and O–H groups in total. The Bertz CT molecular complexity index is 298. The van der Waals surface area contributed by atoms with Gasteiger partial charge in [0.05, 0.1) is 5.60 Å². The summed E-state index contributed by atoms with van der Waals surface area (Å²) < 4.78 is 5.34. The maximum atomic E-state index is 11.4. The number of aliphatic carboxylic acids is 1. The molecule has 0 heterocycles. The maximum Gasteiger partial charge on any atom is 0.332 e. The molecule has 1 atom stereocenters. The fraction of sp³-hybridized carbons (Fsp3) is 0.818. The third-order valence-electron chi connectivity index (χ3n) is 3.26. The number of carbonyl (C=O) groups excluding carboxylic acids is 1. The normalized spacial score (nSPS) is 18.6.